The van der Waals surface area contributed by atoms with Crippen LogP contribution < -0.4 is 5.43 Å². The molecule has 25 heavy (non-hydrogen) atoms. The van der Waals surface area contributed by atoms with E-state index < -0.39 is 0 Å². The van der Waals surface area contributed by atoms with E-state index in [-0.39, 0.29) is 11.9 Å². The first-order valence-electron chi connectivity index (χ1n) is 8.61. The Hall–Kier alpha value is -2.17. The zero-order valence-electron chi connectivity index (χ0n) is 14.1. The van der Waals surface area contributed by atoms with Crippen LogP contribution in [0.3, 0.4) is 0 Å². The number of piperidine rings is 1. The van der Waals surface area contributed by atoms with E-state index in [1.807, 2.05) is 42.5 Å². The van der Waals surface area contributed by atoms with Gasteiger partial charge < -0.3 is 0 Å². The molecule has 3 rings (SSSR count). The molecular weight excluding hydrogens is 334 g/mol. The summed E-state index contributed by atoms with van der Waals surface area (Å²) in [6.45, 7) is 1.88. The van der Waals surface area contributed by atoms with Gasteiger partial charge in [-0.25, -0.2) is 5.43 Å². The minimum Gasteiger partial charge on any atom is -0.288 e. The fraction of sp³-hybridized carbons (Fsp3) is 0.300. The average Bonchev–Trinajstić information content (AvgIpc) is 2.65. The van der Waals surface area contributed by atoms with Crippen molar-refractivity contribution in [2.24, 2.45) is 5.10 Å². The fourth-order valence-electron chi connectivity index (χ4n) is 3.12. The SMILES string of the molecule is O=C(N/N=C/c1ccc(Cl)cc1)C(c1ccccc1)N1CCCCC1. The first kappa shape index (κ1) is 17.6. The molecule has 1 N–H and O–H groups in total. The molecule has 1 heterocycles. The molecule has 1 aliphatic rings. The third-order valence-electron chi connectivity index (χ3n) is 4.38. The lowest BCUT2D eigenvalue weighted by molar-refractivity contribution is -0.127. The summed E-state index contributed by atoms with van der Waals surface area (Å²) in [6, 6.07) is 16.9. The predicted molar refractivity (Wildman–Crippen MR) is 102 cm³/mol. The Morgan fingerprint density at radius 1 is 1.04 bits per heavy atom. The number of amides is 1. The summed E-state index contributed by atoms with van der Waals surface area (Å²) in [5.74, 6) is -0.0988. The van der Waals surface area contributed by atoms with Crippen molar-refractivity contribution in [2.45, 2.75) is 25.3 Å². The molecule has 1 fully saturated rings. The minimum absolute atomic E-state index is 0.0988. The second-order valence-electron chi connectivity index (χ2n) is 6.20. The van der Waals surface area contributed by atoms with Gasteiger partial charge in [-0.2, -0.15) is 5.10 Å². The van der Waals surface area contributed by atoms with Gasteiger partial charge in [0.25, 0.3) is 5.91 Å². The standard InChI is InChI=1S/C20H22ClN3O/c21-18-11-9-16(10-12-18)15-22-23-20(25)19(17-7-3-1-4-8-17)24-13-5-2-6-14-24/h1,3-4,7-12,15,19H,2,5-6,13-14H2,(H,23,25)/b22-15+. The molecule has 1 amide bonds. The number of nitrogens with zero attached hydrogens (tertiary/aromatic N) is 2. The van der Waals surface area contributed by atoms with Gasteiger partial charge in [0, 0.05) is 5.02 Å². The molecule has 0 saturated carbocycles. The highest BCUT2D eigenvalue weighted by Gasteiger charge is 2.28. The maximum absolute atomic E-state index is 12.8. The van der Waals surface area contributed by atoms with Gasteiger partial charge in [-0.3, -0.25) is 9.69 Å². The van der Waals surface area contributed by atoms with Gasteiger partial charge in [0.1, 0.15) is 6.04 Å². The van der Waals surface area contributed by atoms with Crippen molar-refractivity contribution in [3.63, 3.8) is 0 Å². The molecule has 0 bridgehead atoms. The summed E-state index contributed by atoms with van der Waals surface area (Å²) in [7, 11) is 0. The number of halogens is 1. The number of carbonyl (C=O) groups excluding carboxylic acids is 1. The molecule has 5 heteroatoms. The molecule has 1 unspecified atom stereocenters. The molecule has 0 aliphatic carbocycles. The van der Waals surface area contributed by atoms with Gasteiger partial charge in [-0.15, -0.1) is 0 Å². The van der Waals surface area contributed by atoms with E-state index in [9.17, 15) is 4.79 Å². The molecule has 2 aromatic carbocycles. The largest absolute Gasteiger partial charge is 0.288 e. The van der Waals surface area contributed by atoms with Crippen LogP contribution in [-0.2, 0) is 4.79 Å². The highest BCUT2D eigenvalue weighted by Crippen LogP contribution is 2.24. The summed E-state index contributed by atoms with van der Waals surface area (Å²) in [4.78, 5) is 15.0. The van der Waals surface area contributed by atoms with Crippen molar-refractivity contribution in [3.05, 3.63) is 70.7 Å². The Morgan fingerprint density at radius 3 is 2.40 bits per heavy atom. The molecule has 1 atom stereocenters. The lowest BCUT2D eigenvalue weighted by Crippen LogP contribution is -2.41. The summed E-state index contributed by atoms with van der Waals surface area (Å²) < 4.78 is 0. The highest BCUT2D eigenvalue weighted by atomic mass is 35.5. The molecule has 1 saturated heterocycles. The van der Waals surface area contributed by atoms with E-state index in [1.54, 1.807) is 18.3 Å². The maximum atomic E-state index is 12.8. The minimum atomic E-state index is -0.302. The molecule has 2 aromatic rings. The highest BCUT2D eigenvalue weighted by molar-refractivity contribution is 6.30. The maximum Gasteiger partial charge on any atom is 0.262 e. The summed E-state index contributed by atoms with van der Waals surface area (Å²) in [5.41, 5.74) is 4.59. The molecule has 1 aliphatic heterocycles. The molecule has 130 valence electrons. The van der Waals surface area contributed by atoms with Crippen molar-refractivity contribution in [1.29, 1.82) is 0 Å². The van der Waals surface area contributed by atoms with Crippen LogP contribution in [0, 0.1) is 0 Å². The van der Waals surface area contributed by atoms with Crippen LogP contribution in [0.1, 0.15) is 36.4 Å². The third kappa shape index (κ3) is 4.91. The lowest BCUT2D eigenvalue weighted by atomic mass is 10.0. The number of likely N-dealkylation sites (tertiary alicyclic amines) is 1. The number of rotatable bonds is 5. The number of carbonyl (C=O) groups is 1. The Bertz CT molecular complexity index is 709. The van der Waals surface area contributed by atoms with Gasteiger partial charge in [-0.1, -0.05) is 60.5 Å². The number of benzene rings is 2. The average molecular weight is 356 g/mol. The van der Waals surface area contributed by atoms with Crippen LogP contribution in [0.15, 0.2) is 59.7 Å². The van der Waals surface area contributed by atoms with Gasteiger partial charge in [0.2, 0.25) is 0 Å². The summed E-state index contributed by atoms with van der Waals surface area (Å²) in [6.07, 6.45) is 5.12. The third-order valence-corrected chi connectivity index (χ3v) is 4.63. The van der Waals surface area contributed by atoms with Gasteiger partial charge >= 0.3 is 0 Å². The van der Waals surface area contributed by atoms with E-state index in [0.29, 0.717) is 5.02 Å². The van der Waals surface area contributed by atoms with Gasteiger partial charge in [0.05, 0.1) is 6.21 Å². The number of hydrogen-bond donors (Lipinski definition) is 1. The molecular formula is C20H22ClN3O. The zero-order chi connectivity index (χ0) is 17.5. The first-order chi connectivity index (χ1) is 12.2. The Morgan fingerprint density at radius 2 is 1.72 bits per heavy atom. The first-order valence-corrected chi connectivity index (χ1v) is 8.99. The normalized spacial score (nSPS) is 16.7. The monoisotopic (exact) mass is 355 g/mol. The van der Waals surface area contributed by atoms with Crippen LogP contribution >= 0.6 is 11.6 Å². The topological polar surface area (TPSA) is 44.7 Å². The van der Waals surface area contributed by atoms with E-state index in [2.05, 4.69) is 15.4 Å². The number of nitrogens with one attached hydrogen (secondary N) is 1. The van der Waals surface area contributed by atoms with E-state index in [4.69, 9.17) is 11.6 Å². The van der Waals surface area contributed by atoms with Crippen molar-refractivity contribution in [1.82, 2.24) is 10.3 Å². The van der Waals surface area contributed by atoms with Gasteiger partial charge in [-0.05, 0) is 49.2 Å². The van der Waals surface area contributed by atoms with E-state index in [1.165, 1.54) is 6.42 Å². The van der Waals surface area contributed by atoms with E-state index >= 15 is 0 Å². The van der Waals surface area contributed by atoms with Crippen molar-refractivity contribution in [3.8, 4) is 0 Å². The Kier molecular flexibility index (Phi) is 6.20. The second-order valence-corrected chi connectivity index (χ2v) is 6.63. The fourth-order valence-corrected chi connectivity index (χ4v) is 3.25. The van der Waals surface area contributed by atoms with Crippen molar-refractivity contribution < 1.29 is 4.79 Å². The van der Waals surface area contributed by atoms with Crippen molar-refractivity contribution in [2.75, 3.05) is 13.1 Å². The summed E-state index contributed by atoms with van der Waals surface area (Å²) in [5, 5.41) is 4.79. The zero-order valence-corrected chi connectivity index (χ0v) is 14.8. The lowest BCUT2D eigenvalue weighted by Gasteiger charge is -2.33. The Labute approximate surface area is 153 Å². The van der Waals surface area contributed by atoms with Crippen molar-refractivity contribution >= 4 is 23.7 Å². The van der Waals surface area contributed by atoms with Gasteiger partial charge in [0.15, 0.2) is 0 Å². The van der Waals surface area contributed by atoms with Crippen LogP contribution in [0.2, 0.25) is 5.02 Å². The quantitative estimate of drug-likeness (QED) is 0.650. The number of hydrogen-bond acceptors (Lipinski definition) is 3. The molecule has 4 nitrogen and oxygen atoms in total. The number of hydrazone groups is 1. The second kappa shape index (κ2) is 8.79. The molecule has 0 aromatic heterocycles. The summed E-state index contributed by atoms with van der Waals surface area (Å²) >= 11 is 5.87. The predicted octanol–water partition coefficient (Wildman–Crippen LogP) is 4.02. The van der Waals surface area contributed by atoms with Crippen LogP contribution in [-0.4, -0.2) is 30.1 Å². The Balaban J connectivity index is 1.71. The van der Waals surface area contributed by atoms with Crippen LogP contribution in [0.25, 0.3) is 0 Å². The molecule has 0 spiro atoms. The van der Waals surface area contributed by atoms with Crippen LogP contribution in [0.4, 0.5) is 0 Å². The van der Waals surface area contributed by atoms with E-state index in [0.717, 1.165) is 37.1 Å². The van der Waals surface area contributed by atoms with Crippen LogP contribution in [0.5, 0.6) is 0 Å². The molecule has 0 radical (unpaired) electrons. The smallest absolute Gasteiger partial charge is 0.262 e.